The van der Waals surface area contributed by atoms with Crippen LogP contribution in [0.15, 0.2) is 23.4 Å². The molecule has 0 bridgehead atoms. The second-order valence-corrected chi connectivity index (χ2v) is 4.30. The number of rotatable bonds is 5. The molecule has 6 nitrogen and oxygen atoms in total. The summed E-state index contributed by atoms with van der Waals surface area (Å²) in [5, 5.41) is 21.0. The molecule has 1 amide bonds. The van der Waals surface area contributed by atoms with E-state index in [4.69, 9.17) is 22.5 Å². The minimum absolute atomic E-state index is 0.0276. The van der Waals surface area contributed by atoms with Gasteiger partial charge >= 0.3 is 0 Å². The molecule has 0 fully saturated rings. The Hall–Kier alpha value is -1.95. The zero-order chi connectivity index (χ0) is 14.4. The predicted octanol–water partition coefficient (Wildman–Crippen LogP) is 1.64. The van der Waals surface area contributed by atoms with Gasteiger partial charge in [-0.05, 0) is 25.1 Å². The van der Waals surface area contributed by atoms with Gasteiger partial charge in [0.15, 0.2) is 0 Å². The van der Waals surface area contributed by atoms with Crippen LogP contribution in [-0.4, -0.2) is 40.0 Å². The highest BCUT2D eigenvalue weighted by Gasteiger charge is 2.17. The summed E-state index contributed by atoms with van der Waals surface area (Å²) in [6, 6.07) is 4.18. The number of carbonyl (C=O) groups is 1. The van der Waals surface area contributed by atoms with E-state index in [0.717, 1.165) is 0 Å². The van der Waals surface area contributed by atoms with Gasteiger partial charge < -0.3 is 20.9 Å². The molecule has 0 unspecified atom stereocenters. The van der Waals surface area contributed by atoms with E-state index < -0.39 is 0 Å². The lowest BCUT2D eigenvalue weighted by molar-refractivity contribution is 0.0768. The highest BCUT2D eigenvalue weighted by molar-refractivity contribution is 6.33. The van der Waals surface area contributed by atoms with Crippen LogP contribution in [0.25, 0.3) is 0 Å². The third kappa shape index (κ3) is 4.03. The summed E-state index contributed by atoms with van der Waals surface area (Å²) in [6.07, 6.45) is 0.256. The molecule has 104 valence electrons. The van der Waals surface area contributed by atoms with E-state index in [0.29, 0.717) is 13.1 Å². The topological polar surface area (TPSA) is 99.1 Å². The maximum absolute atomic E-state index is 12.2. The molecule has 0 atom stereocenters. The van der Waals surface area contributed by atoms with Gasteiger partial charge in [-0.2, -0.15) is 0 Å². The highest BCUT2D eigenvalue weighted by Crippen LogP contribution is 2.22. The lowest BCUT2D eigenvalue weighted by atomic mass is 10.1. The Morgan fingerprint density at radius 1 is 1.53 bits per heavy atom. The monoisotopic (exact) mass is 285 g/mol. The third-order valence-corrected chi connectivity index (χ3v) is 2.95. The van der Waals surface area contributed by atoms with Crippen molar-refractivity contribution in [3.8, 4) is 5.75 Å². The molecule has 1 aromatic rings. The Bertz CT molecular complexity index is 491. The quantitative estimate of drug-likeness (QED) is 0.331. The van der Waals surface area contributed by atoms with Gasteiger partial charge in [-0.1, -0.05) is 16.8 Å². The first-order valence-corrected chi connectivity index (χ1v) is 6.11. The molecule has 4 N–H and O–H groups in total. The number of hydrogen-bond acceptors (Lipinski definition) is 4. The van der Waals surface area contributed by atoms with Gasteiger partial charge in [0.2, 0.25) is 0 Å². The largest absolute Gasteiger partial charge is 0.508 e. The van der Waals surface area contributed by atoms with Crippen molar-refractivity contribution in [1.29, 1.82) is 0 Å². The average Bonchev–Trinajstić information content (AvgIpc) is 2.41. The van der Waals surface area contributed by atoms with Gasteiger partial charge in [0.25, 0.3) is 5.91 Å². The van der Waals surface area contributed by atoms with Gasteiger partial charge in [-0.15, -0.1) is 0 Å². The molecular weight excluding hydrogens is 270 g/mol. The molecule has 1 rings (SSSR count). The van der Waals surface area contributed by atoms with Gasteiger partial charge in [0.05, 0.1) is 10.6 Å². The van der Waals surface area contributed by atoms with Crippen molar-refractivity contribution in [2.45, 2.75) is 13.3 Å². The molecule has 0 aliphatic heterocycles. The fourth-order valence-corrected chi connectivity index (χ4v) is 1.75. The lowest BCUT2D eigenvalue weighted by Crippen LogP contribution is -2.34. The van der Waals surface area contributed by atoms with E-state index in [1.165, 1.54) is 23.1 Å². The molecule has 0 saturated heterocycles. The van der Waals surface area contributed by atoms with Crippen LogP contribution in [0.3, 0.4) is 0 Å². The average molecular weight is 286 g/mol. The molecule has 0 saturated carbocycles. The lowest BCUT2D eigenvalue weighted by Gasteiger charge is -2.21. The first kappa shape index (κ1) is 15.1. The van der Waals surface area contributed by atoms with Crippen molar-refractivity contribution in [2.24, 2.45) is 10.9 Å². The number of carbonyl (C=O) groups excluding carboxylic acids is 1. The van der Waals surface area contributed by atoms with Gasteiger partial charge in [0, 0.05) is 19.5 Å². The highest BCUT2D eigenvalue weighted by atomic mass is 35.5. The molecule has 7 heteroatoms. The number of phenols is 1. The fourth-order valence-electron chi connectivity index (χ4n) is 1.55. The Labute approximate surface area is 116 Å². The molecule has 0 radical (unpaired) electrons. The first-order chi connectivity index (χ1) is 8.99. The number of hydrogen-bond donors (Lipinski definition) is 3. The normalized spacial score (nSPS) is 11.4. The Balaban J connectivity index is 2.86. The molecule has 19 heavy (non-hydrogen) atoms. The van der Waals surface area contributed by atoms with E-state index in [2.05, 4.69) is 5.16 Å². The number of aromatic hydroxyl groups is 1. The molecule has 0 aliphatic carbocycles. The van der Waals surface area contributed by atoms with Crippen LogP contribution in [-0.2, 0) is 0 Å². The molecule has 0 aromatic heterocycles. The zero-order valence-corrected chi connectivity index (χ0v) is 11.3. The number of halogens is 1. The number of amides is 1. The molecular formula is C12H16ClN3O3. The molecule has 0 aliphatic rings. The van der Waals surface area contributed by atoms with E-state index in [1.807, 2.05) is 0 Å². The maximum Gasteiger partial charge on any atom is 0.255 e. The minimum Gasteiger partial charge on any atom is -0.508 e. The Kier molecular flexibility index (Phi) is 5.44. The van der Waals surface area contributed by atoms with E-state index in [9.17, 15) is 9.90 Å². The third-order valence-electron chi connectivity index (χ3n) is 2.62. The second-order valence-electron chi connectivity index (χ2n) is 3.89. The summed E-state index contributed by atoms with van der Waals surface area (Å²) < 4.78 is 0. The number of nitrogens with two attached hydrogens (primary N) is 1. The number of oxime groups is 1. The SMILES string of the molecule is CCN(CC/C(N)=N/O)C(=O)c1cc(O)ccc1Cl. The summed E-state index contributed by atoms with van der Waals surface area (Å²) in [6.45, 7) is 2.56. The van der Waals surface area contributed by atoms with Gasteiger partial charge in [-0.3, -0.25) is 4.79 Å². The van der Waals surface area contributed by atoms with Gasteiger partial charge in [0.1, 0.15) is 11.6 Å². The Morgan fingerprint density at radius 2 is 2.21 bits per heavy atom. The van der Waals surface area contributed by atoms with Crippen LogP contribution in [0.1, 0.15) is 23.7 Å². The van der Waals surface area contributed by atoms with Crippen LogP contribution in [0.5, 0.6) is 5.75 Å². The van der Waals surface area contributed by atoms with E-state index >= 15 is 0 Å². The summed E-state index contributed by atoms with van der Waals surface area (Å²) in [5.41, 5.74) is 5.59. The number of benzene rings is 1. The second kappa shape index (κ2) is 6.84. The fraction of sp³-hybridized carbons (Fsp3) is 0.333. The smallest absolute Gasteiger partial charge is 0.255 e. The zero-order valence-electron chi connectivity index (χ0n) is 10.5. The summed E-state index contributed by atoms with van der Waals surface area (Å²) in [5.74, 6) is -0.289. The standard InChI is InChI=1S/C12H16ClN3O3/c1-2-16(6-5-11(14)15-19)12(18)9-7-8(17)3-4-10(9)13/h3-4,7,17,19H,2,5-6H2,1H3,(H2,14,15). The van der Waals surface area contributed by atoms with E-state index in [1.54, 1.807) is 6.92 Å². The van der Waals surface area contributed by atoms with Crippen LogP contribution < -0.4 is 5.73 Å². The molecule has 0 spiro atoms. The van der Waals surface area contributed by atoms with Crippen LogP contribution in [0.4, 0.5) is 0 Å². The van der Waals surface area contributed by atoms with Crippen molar-refractivity contribution in [3.63, 3.8) is 0 Å². The number of phenolic OH excluding ortho intramolecular Hbond substituents is 1. The van der Waals surface area contributed by atoms with Crippen molar-refractivity contribution in [1.82, 2.24) is 4.90 Å². The van der Waals surface area contributed by atoms with Crippen molar-refractivity contribution in [2.75, 3.05) is 13.1 Å². The van der Waals surface area contributed by atoms with Crippen LogP contribution in [0, 0.1) is 0 Å². The summed E-state index contributed by atoms with van der Waals surface area (Å²) in [4.78, 5) is 13.7. The minimum atomic E-state index is -0.311. The van der Waals surface area contributed by atoms with Crippen molar-refractivity contribution < 1.29 is 15.1 Å². The van der Waals surface area contributed by atoms with Crippen LogP contribution in [0.2, 0.25) is 5.02 Å². The van der Waals surface area contributed by atoms with Crippen molar-refractivity contribution >= 4 is 23.3 Å². The summed E-state index contributed by atoms with van der Waals surface area (Å²) >= 11 is 5.94. The molecule has 0 heterocycles. The van der Waals surface area contributed by atoms with E-state index in [-0.39, 0.29) is 34.5 Å². The molecule has 1 aromatic carbocycles. The Morgan fingerprint density at radius 3 is 2.79 bits per heavy atom. The number of amidine groups is 1. The number of nitrogens with zero attached hydrogens (tertiary/aromatic N) is 2. The van der Waals surface area contributed by atoms with Crippen LogP contribution >= 0.6 is 11.6 Å². The van der Waals surface area contributed by atoms with Crippen molar-refractivity contribution in [3.05, 3.63) is 28.8 Å². The first-order valence-electron chi connectivity index (χ1n) is 5.73. The maximum atomic E-state index is 12.2. The summed E-state index contributed by atoms with van der Waals surface area (Å²) in [7, 11) is 0. The predicted molar refractivity (Wildman–Crippen MR) is 72.7 cm³/mol. The van der Waals surface area contributed by atoms with Gasteiger partial charge in [-0.25, -0.2) is 0 Å².